The maximum absolute atomic E-state index is 15.2. The Kier molecular flexibility index (Phi) is 5.91. The molecule has 0 saturated carbocycles. The first-order valence-electron chi connectivity index (χ1n) is 12.5. The number of hydrogen-bond donors (Lipinski definition) is 0. The standard InChI is InChI=1S/C28H26F2N6OS/c1-3-24(37)36-14-28(15-36)7-9-35(13-28)26-21(11-31)25(19-5-4-18(29)10-22(19)30)20-6-8-34(12-23(20)33-26)27-17(2)32-16-38-27/h3-5,10,16H,1,6-9,12-15H2,2H3. The van der Waals surface area contributed by atoms with Gasteiger partial charge in [-0.2, -0.15) is 5.26 Å². The number of pyridine rings is 1. The third-order valence-electron chi connectivity index (χ3n) is 7.93. The zero-order valence-corrected chi connectivity index (χ0v) is 21.8. The molecule has 6 rings (SSSR count). The second-order valence-corrected chi connectivity index (χ2v) is 11.2. The Hall–Kier alpha value is -3.84. The Morgan fingerprint density at radius 1 is 1.24 bits per heavy atom. The number of benzene rings is 1. The van der Waals surface area contributed by atoms with Crippen LogP contribution in [0.3, 0.4) is 0 Å². The number of anilines is 2. The quantitative estimate of drug-likeness (QED) is 0.462. The molecule has 0 radical (unpaired) electrons. The van der Waals surface area contributed by atoms with Crippen molar-refractivity contribution in [3.05, 3.63) is 70.5 Å². The Balaban J connectivity index is 1.43. The number of aryl methyl sites for hydroxylation is 1. The Labute approximate surface area is 223 Å². The molecule has 1 aromatic carbocycles. The summed E-state index contributed by atoms with van der Waals surface area (Å²) in [6, 6.07) is 5.83. The fourth-order valence-electron chi connectivity index (χ4n) is 6.08. The van der Waals surface area contributed by atoms with Gasteiger partial charge in [-0.25, -0.2) is 18.7 Å². The Morgan fingerprint density at radius 3 is 2.74 bits per heavy atom. The average molecular weight is 533 g/mol. The first kappa shape index (κ1) is 24.5. The molecule has 2 saturated heterocycles. The monoisotopic (exact) mass is 532 g/mol. The van der Waals surface area contributed by atoms with Crippen LogP contribution in [0.1, 0.15) is 28.9 Å². The van der Waals surface area contributed by atoms with Crippen molar-refractivity contribution < 1.29 is 13.6 Å². The van der Waals surface area contributed by atoms with Gasteiger partial charge in [-0.3, -0.25) is 4.79 Å². The topological polar surface area (TPSA) is 76.4 Å². The maximum Gasteiger partial charge on any atom is 0.245 e. The Bertz CT molecular complexity index is 1510. The van der Waals surface area contributed by atoms with E-state index in [0.717, 1.165) is 34.4 Å². The van der Waals surface area contributed by atoms with Gasteiger partial charge in [-0.1, -0.05) is 6.58 Å². The van der Waals surface area contributed by atoms with Gasteiger partial charge in [-0.05, 0) is 43.5 Å². The summed E-state index contributed by atoms with van der Waals surface area (Å²) in [6.07, 6.45) is 2.77. The molecule has 38 heavy (non-hydrogen) atoms. The molecule has 5 heterocycles. The molecule has 3 aliphatic heterocycles. The summed E-state index contributed by atoms with van der Waals surface area (Å²) in [5.41, 5.74) is 5.35. The van der Waals surface area contributed by atoms with Gasteiger partial charge in [0.1, 0.15) is 34.1 Å². The van der Waals surface area contributed by atoms with Crippen LogP contribution in [0.15, 0.2) is 36.4 Å². The van der Waals surface area contributed by atoms with Crippen LogP contribution in [0.2, 0.25) is 0 Å². The zero-order chi connectivity index (χ0) is 26.6. The van der Waals surface area contributed by atoms with E-state index in [2.05, 4.69) is 27.4 Å². The molecular weight excluding hydrogens is 506 g/mol. The first-order valence-corrected chi connectivity index (χ1v) is 13.4. The van der Waals surface area contributed by atoms with Gasteiger partial charge < -0.3 is 14.7 Å². The van der Waals surface area contributed by atoms with Gasteiger partial charge in [0, 0.05) is 55.3 Å². The zero-order valence-electron chi connectivity index (χ0n) is 21.0. The predicted molar refractivity (Wildman–Crippen MR) is 142 cm³/mol. The van der Waals surface area contributed by atoms with Crippen LogP contribution in [0, 0.1) is 35.3 Å². The number of hydrogen-bond acceptors (Lipinski definition) is 7. The molecule has 0 bridgehead atoms. The summed E-state index contributed by atoms with van der Waals surface area (Å²) in [4.78, 5) is 27.5. The van der Waals surface area contributed by atoms with Crippen LogP contribution in [-0.4, -0.2) is 53.5 Å². The number of thiazole rings is 1. The highest BCUT2D eigenvalue weighted by Gasteiger charge is 2.49. The predicted octanol–water partition coefficient (Wildman–Crippen LogP) is 4.45. The maximum atomic E-state index is 15.2. The number of carbonyl (C=O) groups excluding carboxylic acids is 1. The lowest BCUT2D eigenvalue weighted by atomic mass is 9.79. The second kappa shape index (κ2) is 9.17. The van der Waals surface area contributed by atoms with Crippen molar-refractivity contribution in [1.82, 2.24) is 14.9 Å². The summed E-state index contributed by atoms with van der Waals surface area (Å²) < 4.78 is 29.0. The van der Waals surface area contributed by atoms with E-state index in [1.807, 2.05) is 12.4 Å². The van der Waals surface area contributed by atoms with Crippen molar-refractivity contribution in [2.24, 2.45) is 5.41 Å². The van der Waals surface area contributed by atoms with Crippen molar-refractivity contribution in [2.75, 3.05) is 42.5 Å². The average Bonchev–Trinajstić information content (AvgIpc) is 3.53. The minimum atomic E-state index is -0.697. The molecule has 2 fully saturated rings. The second-order valence-electron chi connectivity index (χ2n) is 10.3. The number of nitrogens with zero attached hydrogens (tertiary/aromatic N) is 6. The van der Waals surface area contributed by atoms with Crippen LogP contribution in [0.25, 0.3) is 11.1 Å². The number of likely N-dealkylation sites (tertiary alicyclic amines) is 1. The number of aromatic nitrogens is 2. The van der Waals surface area contributed by atoms with E-state index in [1.165, 1.54) is 18.2 Å². The highest BCUT2D eigenvalue weighted by molar-refractivity contribution is 7.14. The number of fused-ring (bicyclic) bond motifs is 1. The Morgan fingerprint density at radius 2 is 2.05 bits per heavy atom. The van der Waals surface area contributed by atoms with Gasteiger partial charge in [-0.15, -0.1) is 11.3 Å². The summed E-state index contributed by atoms with van der Waals surface area (Å²) in [6.45, 7) is 9.34. The summed E-state index contributed by atoms with van der Waals surface area (Å²) in [7, 11) is 0. The van der Waals surface area contributed by atoms with Gasteiger partial charge in [0.15, 0.2) is 0 Å². The van der Waals surface area contributed by atoms with Gasteiger partial charge >= 0.3 is 0 Å². The molecular formula is C28H26F2N6OS. The van der Waals surface area contributed by atoms with Crippen LogP contribution in [0.5, 0.6) is 0 Å². The van der Waals surface area contributed by atoms with Crippen molar-refractivity contribution in [3.63, 3.8) is 0 Å². The molecule has 1 spiro atoms. The summed E-state index contributed by atoms with van der Waals surface area (Å²) >= 11 is 1.57. The third-order valence-corrected chi connectivity index (χ3v) is 8.92. The van der Waals surface area contributed by atoms with Gasteiger partial charge in [0.05, 0.1) is 23.4 Å². The molecule has 0 atom stereocenters. The van der Waals surface area contributed by atoms with E-state index in [-0.39, 0.29) is 16.9 Å². The fraction of sp³-hybridized carbons (Fsp3) is 0.357. The van der Waals surface area contributed by atoms with Crippen molar-refractivity contribution in [2.45, 2.75) is 26.3 Å². The number of halogens is 2. The van der Waals surface area contributed by atoms with Gasteiger partial charge in [0.25, 0.3) is 0 Å². The molecule has 3 aromatic rings. The normalized spacial score (nSPS) is 17.8. The molecule has 3 aliphatic rings. The minimum Gasteiger partial charge on any atom is -0.356 e. The van der Waals surface area contributed by atoms with E-state index in [4.69, 9.17) is 4.98 Å². The molecule has 7 nitrogen and oxygen atoms in total. The molecule has 0 N–H and O–H groups in total. The van der Waals surface area contributed by atoms with Crippen molar-refractivity contribution in [1.29, 1.82) is 5.26 Å². The lowest BCUT2D eigenvalue weighted by Crippen LogP contribution is -2.59. The molecule has 2 aromatic heterocycles. The third kappa shape index (κ3) is 3.93. The smallest absolute Gasteiger partial charge is 0.245 e. The largest absolute Gasteiger partial charge is 0.356 e. The lowest BCUT2D eigenvalue weighted by Gasteiger charge is -2.47. The SMILES string of the molecule is C=CC(=O)N1CC2(CCN(c3nc4c(c(-c5ccc(F)cc5F)c3C#N)CCN(c3scnc3C)C4)C2)C1. The number of carbonyl (C=O) groups is 1. The summed E-state index contributed by atoms with van der Waals surface area (Å²) in [5, 5.41) is 11.4. The minimum absolute atomic E-state index is 0.0595. The highest BCUT2D eigenvalue weighted by Crippen LogP contribution is 2.45. The molecule has 194 valence electrons. The van der Waals surface area contributed by atoms with E-state index in [1.54, 1.807) is 16.2 Å². The summed E-state index contributed by atoms with van der Waals surface area (Å²) in [5.74, 6) is -0.911. The highest BCUT2D eigenvalue weighted by atomic mass is 32.1. The number of nitriles is 1. The number of amides is 1. The van der Waals surface area contributed by atoms with Crippen LogP contribution < -0.4 is 9.80 Å². The molecule has 10 heteroatoms. The molecule has 0 unspecified atom stereocenters. The van der Waals surface area contributed by atoms with E-state index in [0.29, 0.717) is 62.6 Å². The van der Waals surface area contributed by atoms with E-state index in [9.17, 15) is 14.4 Å². The van der Waals surface area contributed by atoms with Gasteiger partial charge in [0.2, 0.25) is 5.91 Å². The molecule has 0 aliphatic carbocycles. The van der Waals surface area contributed by atoms with Crippen molar-refractivity contribution >= 4 is 28.1 Å². The fourth-order valence-corrected chi connectivity index (χ4v) is 6.92. The van der Waals surface area contributed by atoms with Crippen LogP contribution >= 0.6 is 11.3 Å². The first-order chi connectivity index (χ1) is 18.3. The van der Waals surface area contributed by atoms with Crippen molar-refractivity contribution in [3.8, 4) is 17.2 Å². The number of rotatable bonds is 4. The van der Waals surface area contributed by atoms with E-state index >= 15 is 4.39 Å². The van der Waals surface area contributed by atoms with E-state index < -0.39 is 11.6 Å². The van der Waals surface area contributed by atoms with Crippen LogP contribution in [-0.2, 0) is 17.8 Å². The lowest BCUT2D eigenvalue weighted by molar-refractivity contribution is -0.136. The van der Waals surface area contributed by atoms with Crippen LogP contribution in [0.4, 0.5) is 19.6 Å². The molecule has 1 amide bonds.